The van der Waals surface area contributed by atoms with Crippen LogP contribution >= 0.6 is 0 Å². The summed E-state index contributed by atoms with van der Waals surface area (Å²) in [6, 6.07) is 7.84. The maximum atomic E-state index is 8.90. The van der Waals surface area contributed by atoms with E-state index >= 15 is 0 Å². The zero-order valence-corrected chi connectivity index (χ0v) is 22.4. The Labute approximate surface area is 185 Å². The predicted molar refractivity (Wildman–Crippen MR) is 134 cm³/mol. The number of aliphatic hydroxyl groups excluding tert-OH is 2. The third-order valence-electron chi connectivity index (χ3n) is 7.09. The summed E-state index contributed by atoms with van der Waals surface area (Å²) in [6.07, 6.45) is 14.8. The standard InChI is InChI=1S/C24H54O3Si2/c1-5-28(6-2,23-19-15-11-9-13-17-21-25)27-29(7-3,8-4)24-20-16-12-10-14-18-22-26/h25-26H,5-24H2,1-4H3. The van der Waals surface area contributed by atoms with Crippen LogP contribution in [0, 0.1) is 0 Å². The molecule has 0 bridgehead atoms. The van der Waals surface area contributed by atoms with Crippen LogP contribution in [0.1, 0.15) is 105 Å². The molecule has 0 aromatic carbocycles. The molecule has 0 atom stereocenters. The number of aliphatic hydroxyl groups is 2. The molecule has 29 heavy (non-hydrogen) atoms. The average molecular weight is 447 g/mol. The highest BCUT2D eigenvalue weighted by atomic mass is 28.4. The monoisotopic (exact) mass is 446 g/mol. The van der Waals surface area contributed by atoms with E-state index in [-0.39, 0.29) is 0 Å². The van der Waals surface area contributed by atoms with Crippen molar-refractivity contribution < 1.29 is 14.3 Å². The lowest BCUT2D eigenvalue weighted by molar-refractivity contribution is 0.282. The number of hydrogen-bond donors (Lipinski definition) is 2. The smallest absolute Gasteiger partial charge is 0.179 e. The van der Waals surface area contributed by atoms with Gasteiger partial charge in [-0.2, -0.15) is 0 Å². The summed E-state index contributed by atoms with van der Waals surface area (Å²) in [5.41, 5.74) is 0. The Bertz CT molecular complexity index is 313. The van der Waals surface area contributed by atoms with Crippen LogP contribution in [-0.4, -0.2) is 40.1 Å². The fourth-order valence-corrected chi connectivity index (χ4v) is 15.6. The van der Waals surface area contributed by atoms with E-state index in [4.69, 9.17) is 14.3 Å². The maximum Gasteiger partial charge on any atom is 0.179 e. The summed E-state index contributed by atoms with van der Waals surface area (Å²) >= 11 is 0. The molecule has 0 rings (SSSR count). The van der Waals surface area contributed by atoms with E-state index in [1.165, 1.54) is 100 Å². The van der Waals surface area contributed by atoms with Crippen molar-refractivity contribution in [1.29, 1.82) is 0 Å². The van der Waals surface area contributed by atoms with E-state index in [1.807, 2.05) is 0 Å². The second-order valence-electron chi connectivity index (χ2n) is 9.07. The summed E-state index contributed by atoms with van der Waals surface area (Å²) in [4.78, 5) is 0. The molecule has 0 saturated heterocycles. The topological polar surface area (TPSA) is 49.7 Å². The van der Waals surface area contributed by atoms with Crippen LogP contribution in [0.2, 0.25) is 36.3 Å². The van der Waals surface area contributed by atoms with E-state index in [0.717, 1.165) is 12.8 Å². The maximum absolute atomic E-state index is 8.90. The molecule has 0 radical (unpaired) electrons. The van der Waals surface area contributed by atoms with E-state index in [2.05, 4.69) is 27.7 Å². The molecule has 3 nitrogen and oxygen atoms in total. The van der Waals surface area contributed by atoms with Gasteiger partial charge in [-0.05, 0) is 49.1 Å². The van der Waals surface area contributed by atoms with E-state index in [1.54, 1.807) is 0 Å². The van der Waals surface area contributed by atoms with Crippen molar-refractivity contribution in [2.75, 3.05) is 13.2 Å². The zero-order valence-electron chi connectivity index (χ0n) is 20.4. The van der Waals surface area contributed by atoms with Gasteiger partial charge in [0.2, 0.25) is 0 Å². The van der Waals surface area contributed by atoms with Gasteiger partial charge in [0.25, 0.3) is 0 Å². The van der Waals surface area contributed by atoms with Crippen molar-refractivity contribution >= 4 is 16.6 Å². The van der Waals surface area contributed by atoms with Crippen LogP contribution in [0.5, 0.6) is 0 Å². The third-order valence-corrected chi connectivity index (χ3v) is 18.2. The molecule has 0 aliphatic rings. The highest BCUT2D eigenvalue weighted by Crippen LogP contribution is 2.35. The highest BCUT2D eigenvalue weighted by Gasteiger charge is 2.40. The lowest BCUT2D eigenvalue weighted by atomic mass is 10.1. The van der Waals surface area contributed by atoms with Gasteiger partial charge in [0, 0.05) is 13.2 Å². The molecule has 0 aromatic heterocycles. The predicted octanol–water partition coefficient (Wildman–Crippen LogP) is 7.64. The zero-order chi connectivity index (χ0) is 21.8. The lowest BCUT2D eigenvalue weighted by Crippen LogP contribution is -2.50. The Hall–Kier alpha value is 0.314. The second-order valence-corrected chi connectivity index (χ2v) is 18.4. The van der Waals surface area contributed by atoms with Crippen molar-refractivity contribution in [1.82, 2.24) is 0 Å². The molecule has 0 aliphatic carbocycles. The van der Waals surface area contributed by atoms with Crippen molar-refractivity contribution in [3.05, 3.63) is 0 Å². The van der Waals surface area contributed by atoms with E-state index in [0.29, 0.717) is 13.2 Å². The minimum Gasteiger partial charge on any atom is -0.455 e. The number of unbranched alkanes of at least 4 members (excludes halogenated alkanes) is 10. The van der Waals surface area contributed by atoms with Crippen LogP contribution in [0.25, 0.3) is 0 Å². The summed E-state index contributed by atoms with van der Waals surface area (Å²) in [6.45, 7) is 10.3. The van der Waals surface area contributed by atoms with E-state index < -0.39 is 16.6 Å². The van der Waals surface area contributed by atoms with Crippen molar-refractivity contribution in [2.24, 2.45) is 0 Å². The van der Waals surface area contributed by atoms with Crippen LogP contribution in [0.3, 0.4) is 0 Å². The van der Waals surface area contributed by atoms with Gasteiger partial charge in [-0.1, -0.05) is 91.9 Å². The molecule has 0 spiro atoms. The number of hydrogen-bond acceptors (Lipinski definition) is 3. The minimum atomic E-state index is -1.59. The summed E-state index contributed by atoms with van der Waals surface area (Å²) in [7, 11) is -3.18. The summed E-state index contributed by atoms with van der Waals surface area (Å²) in [5.74, 6) is 0. The quantitative estimate of drug-likeness (QED) is 0.133. The second kappa shape index (κ2) is 19.0. The lowest BCUT2D eigenvalue weighted by Gasteiger charge is -2.41. The van der Waals surface area contributed by atoms with Gasteiger partial charge in [-0.15, -0.1) is 0 Å². The molecule has 0 aliphatic heterocycles. The first-order valence-electron chi connectivity index (χ1n) is 13.0. The van der Waals surface area contributed by atoms with Gasteiger partial charge in [-0.3, -0.25) is 0 Å². The van der Waals surface area contributed by atoms with Gasteiger partial charge in [-0.25, -0.2) is 0 Å². The summed E-state index contributed by atoms with van der Waals surface area (Å²) < 4.78 is 7.32. The minimum absolute atomic E-state index is 0.346. The molecular formula is C24H54O3Si2. The van der Waals surface area contributed by atoms with Gasteiger partial charge < -0.3 is 14.3 Å². The van der Waals surface area contributed by atoms with Gasteiger partial charge >= 0.3 is 0 Å². The molecule has 5 heteroatoms. The molecule has 0 aromatic rings. The van der Waals surface area contributed by atoms with Crippen LogP contribution in [-0.2, 0) is 4.12 Å². The molecule has 0 saturated carbocycles. The Morgan fingerprint density at radius 2 is 0.724 bits per heavy atom. The van der Waals surface area contributed by atoms with Gasteiger partial charge in [0.05, 0.1) is 0 Å². The van der Waals surface area contributed by atoms with E-state index in [9.17, 15) is 0 Å². The third kappa shape index (κ3) is 13.4. The number of rotatable bonds is 22. The normalized spacial score (nSPS) is 12.6. The van der Waals surface area contributed by atoms with Crippen LogP contribution in [0.4, 0.5) is 0 Å². The first kappa shape index (κ1) is 29.3. The molecule has 0 heterocycles. The molecule has 2 N–H and O–H groups in total. The van der Waals surface area contributed by atoms with Crippen molar-refractivity contribution in [2.45, 2.75) is 141 Å². The van der Waals surface area contributed by atoms with Crippen molar-refractivity contribution in [3.8, 4) is 0 Å². The SMILES string of the molecule is CC[Si](CC)(CCCCCCCCO)O[Si](CC)(CC)CCCCCCCCO. The molecular weight excluding hydrogens is 392 g/mol. The largest absolute Gasteiger partial charge is 0.455 e. The fraction of sp³-hybridized carbons (Fsp3) is 1.00. The molecule has 0 fully saturated rings. The van der Waals surface area contributed by atoms with Gasteiger partial charge in [0.1, 0.15) is 0 Å². The van der Waals surface area contributed by atoms with Crippen LogP contribution < -0.4 is 0 Å². The Morgan fingerprint density at radius 1 is 0.448 bits per heavy atom. The fourth-order valence-electron chi connectivity index (χ4n) is 4.59. The van der Waals surface area contributed by atoms with Crippen molar-refractivity contribution in [3.63, 3.8) is 0 Å². The van der Waals surface area contributed by atoms with Crippen LogP contribution in [0.15, 0.2) is 0 Å². The summed E-state index contributed by atoms with van der Waals surface area (Å²) in [5, 5.41) is 17.8. The first-order valence-corrected chi connectivity index (χ1v) is 18.0. The van der Waals surface area contributed by atoms with Gasteiger partial charge in [0.15, 0.2) is 16.6 Å². The molecule has 176 valence electrons. The highest BCUT2D eigenvalue weighted by molar-refractivity contribution is 6.87. The Morgan fingerprint density at radius 3 is 1.00 bits per heavy atom. The Kier molecular flexibility index (Phi) is 19.2. The molecule has 0 unspecified atom stereocenters. The Balaban J connectivity index is 4.51. The molecule has 0 amide bonds. The first-order chi connectivity index (χ1) is 14.1. The average Bonchev–Trinajstić information content (AvgIpc) is 2.76.